The van der Waals surface area contributed by atoms with E-state index in [1.807, 2.05) is 6.92 Å². The van der Waals surface area contributed by atoms with Gasteiger partial charge in [0.15, 0.2) is 0 Å². The molecule has 2 unspecified atom stereocenters. The van der Waals surface area contributed by atoms with Crippen LogP contribution in [0.25, 0.3) is 11.6 Å². The Kier molecular flexibility index (Phi) is 8.38. The highest BCUT2D eigenvalue weighted by molar-refractivity contribution is 7.90. The molecule has 12 heteroatoms. The summed E-state index contributed by atoms with van der Waals surface area (Å²) in [4.78, 5) is 20.7. The van der Waals surface area contributed by atoms with Crippen molar-refractivity contribution in [3.05, 3.63) is 94.5 Å². The zero-order valence-electron chi connectivity index (χ0n) is 21.2. The number of ketones is 1. The molecule has 4 rings (SSSR count). The first-order valence-corrected chi connectivity index (χ1v) is 13.6. The molecule has 3 aromatic rings. The average molecular weight is 561 g/mol. The van der Waals surface area contributed by atoms with Crippen LogP contribution in [0.15, 0.2) is 49.3 Å². The number of aromatic amines is 1. The summed E-state index contributed by atoms with van der Waals surface area (Å²) in [6, 6.07) is 4.41. The van der Waals surface area contributed by atoms with Crippen molar-refractivity contribution in [3.63, 3.8) is 0 Å². The van der Waals surface area contributed by atoms with Crippen LogP contribution < -0.4 is 14.8 Å². The largest absolute Gasteiger partial charge is 0.481 e. The van der Waals surface area contributed by atoms with E-state index < -0.39 is 57.6 Å². The Morgan fingerprint density at radius 3 is 2.64 bits per heavy atom. The number of hydrogen-bond donors (Lipinski definition) is 3. The van der Waals surface area contributed by atoms with Crippen LogP contribution in [-0.4, -0.2) is 49.9 Å². The Labute approximate surface area is 224 Å². The van der Waals surface area contributed by atoms with E-state index in [2.05, 4.69) is 26.6 Å². The van der Waals surface area contributed by atoms with Crippen molar-refractivity contribution < 1.29 is 31.1 Å². The van der Waals surface area contributed by atoms with Crippen molar-refractivity contribution in [2.45, 2.75) is 24.8 Å². The maximum Gasteiger partial charge on any atom is 0.229 e. The molecule has 206 valence electrons. The number of H-pyrrole nitrogens is 1. The number of aryl methyl sites for hydroxylation is 1. The maximum atomic E-state index is 15.6. The molecule has 39 heavy (non-hydrogen) atoms. The molecular weight excluding hydrogens is 533 g/mol. The summed E-state index contributed by atoms with van der Waals surface area (Å²) < 4.78 is 74.7. The zero-order valence-corrected chi connectivity index (χ0v) is 22.0. The van der Waals surface area contributed by atoms with E-state index in [1.54, 1.807) is 30.5 Å². The number of aromatic nitrogens is 2. The third kappa shape index (κ3) is 5.68. The molecule has 1 aliphatic rings. The Bertz CT molecular complexity index is 1540. The van der Waals surface area contributed by atoms with E-state index in [0.717, 1.165) is 12.1 Å². The van der Waals surface area contributed by atoms with Crippen LogP contribution in [0.3, 0.4) is 0 Å². The number of benzene rings is 1. The van der Waals surface area contributed by atoms with Gasteiger partial charge in [0.05, 0.1) is 18.7 Å². The van der Waals surface area contributed by atoms with Gasteiger partial charge < -0.3 is 9.72 Å². The summed E-state index contributed by atoms with van der Waals surface area (Å²) in [6.07, 6.45) is 6.70. The van der Waals surface area contributed by atoms with Gasteiger partial charge in [-0.15, -0.1) is 0 Å². The number of pyridine rings is 1. The number of nitrogens with one attached hydrogen (secondary N) is 3. The Morgan fingerprint density at radius 2 is 2.03 bits per heavy atom. The normalized spacial score (nSPS) is 17.2. The van der Waals surface area contributed by atoms with Gasteiger partial charge in [0.1, 0.15) is 23.7 Å². The first kappa shape index (κ1) is 28.3. The second-order valence-electron chi connectivity index (χ2n) is 8.69. The number of rotatable bonds is 12. The number of ether oxygens (including phenoxy) is 1. The van der Waals surface area contributed by atoms with Gasteiger partial charge >= 0.3 is 0 Å². The Hall–Kier alpha value is -3.74. The number of sulfonamides is 1. The topological polar surface area (TPSA) is 123 Å². The second-order valence-corrected chi connectivity index (χ2v) is 10.6. The Morgan fingerprint density at radius 1 is 1.26 bits per heavy atom. The van der Waals surface area contributed by atoms with Gasteiger partial charge in [-0.05, 0) is 30.2 Å². The SMILES string of the molecule is C=C/C(=C\c1c(C(=O)c2c(F)ccc(C3NC3S(=O)(=O)NCCF)c2F)c[nH]c1CC)c1ccc(OC)nc1. The van der Waals surface area contributed by atoms with Gasteiger partial charge in [-0.25, -0.2) is 31.3 Å². The van der Waals surface area contributed by atoms with Gasteiger partial charge in [-0.1, -0.05) is 25.6 Å². The highest BCUT2D eigenvalue weighted by Crippen LogP contribution is 2.37. The smallest absolute Gasteiger partial charge is 0.229 e. The third-order valence-corrected chi connectivity index (χ3v) is 8.04. The van der Waals surface area contributed by atoms with Gasteiger partial charge in [-0.3, -0.25) is 10.1 Å². The molecular formula is C27H27F3N4O4S. The number of nitrogens with zero attached hydrogens (tertiary/aromatic N) is 1. The van der Waals surface area contributed by atoms with Gasteiger partial charge in [-0.2, -0.15) is 0 Å². The second kappa shape index (κ2) is 11.6. The molecule has 8 nitrogen and oxygen atoms in total. The minimum Gasteiger partial charge on any atom is -0.481 e. The van der Waals surface area contributed by atoms with Crippen LogP contribution in [0.4, 0.5) is 13.2 Å². The molecule has 0 radical (unpaired) electrons. The molecule has 0 bridgehead atoms. The molecule has 3 heterocycles. The van der Waals surface area contributed by atoms with E-state index in [-0.39, 0.29) is 11.1 Å². The lowest BCUT2D eigenvalue weighted by atomic mass is 9.95. The van der Waals surface area contributed by atoms with Crippen molar-refractivity contribution >= 4 is 27.5 Å². The Balaban J connectivity index is 1.72. The van der Waals surface area contributed by atoms with Crippen molar-refractivity contribution in [2.75, 3.05) is 20.3 Å². The van der Waals surface area contributed by atoms with Crippen molar-refractivity contribution in [3.8, 4) is 5.88 Å². The molecule has 1 aromatic carbocycles. The lowest BCUT2D eigenvalue weighted by molar-refractivity contribution is 0.103. The molecule has 2 aromatic heterocycles. The summed E-state index contributed by atoms with van der Waals surface area (Å²) in [7, 11) is -2.50. The van der Waals surface area contributed by atoms with E-state index in [0.29, 0.717) is 34.7 Å². The molecule has 0 saturated carbocycles. The molecule has 1 aliphatic heterocycles. The standard InChI is InChI=1S/C27H27F3N4O4S/c1-4-15(16-6-9-22(38-3)32-13-16)12-18-19(14-31-21(18)5-2)26(35)23-20(29)8-7-17(24(23)30)25-27(34-25)39(36,37)33-11-10-28/h4,6-9,12-14,25,27,31,33-34H,1,5,10-11H2,2-3H3/b15-12+. The fraction of sp³-hybridized carbons (Fsp3) is 0.259. The first-order chi connectivity index (χ1) is 18.7. The highest BCUT2D eigenvalue weighted by atomic mass is 32.2. The zero-order chi connectivity index (χ0) is 28.3. The van der Waals surface area contributed by atoms with Gasteiger partial charge in [0.25, 0.3) is 0 Å². The van der Waals surface area contributed by atoms with Gasteiger partial charge in [0.2, 0.25) is 21.7 Å². The van der Waals surface area contributed by atoms with Crippen molar-refractivity contribution in [2.24, 2.45) is 0 Å². The molecule has 0 aliphatic carbocycles. The van der Waals surface area contributed by atoms with Crippen LogP contribution in [0, 0.1) is 11.6 Å². The average Bonchev–Trinajstić information content (AvgIpc) is 3.64. The van der Waals surface area contributed by atoms with E-state index >= 15 is 4.39 Å². The van der Waals surface area contributed by atoms with Crippen LogP contribution in [0.5, 0.6) is 5.88 Å². The summed E-state index contributed by atoms with van der Waals surface area (Å²) in [6.45, 7) is 4.36. The fourth-order valence-corrected chi connectivity index (χ4v) is 5.65. The van der Waals surface area contributed by atoms with E-state index in [4.69, 9.17) is 4.74 Å². The molecule has 0 amide bonds. The number of hydrogen-bond acceptors (Lipinski definition) is 6. The third-order valence-electron chi connectivity index (χ3n) is 6.36. The lowest BCUT2D eigenvalue weighted by Gasteiger charge is -2.10. The number of allylic oxidation sites excluding steroid dienone is 2. The number of carbonyl (C=O) groups excluding carboxylic acids is 1. The highest BCUT2D eigenvalue weighted by Gasteiger charge is 2.49. The predicted molar refractivity (Wildman–Crippen MR) is 141 cm³/mol. The maximum absolute atomic E-state index is 15.6. The number of halogens is 3. The minimum absolute atomic E-state index is 0.0279. The number of methoxy groups -OCH3 is 1. The van der Waals surface area contributed by atoms with Crippen molar-refractivity contribution in [1.82, 2.24) is 20.0 Å². The van der Waals surface area contributed by atoms with Crippen LogP contribution in [0.2, 0.25) is 0 Å². The summed E-state index contributed by atoms with van der Waals surface area (Å²) >= 11 is 0. The first-order valence-electron chi connectivity index (χ1n) is 12.0. The molecule has 1 saturated heterocycles. The van der Waals surface area contributed by atoms with Gasteiger partial charge in [0, 0.05) is 53.0 Å². The van der Waals surface area contributed by atoms with Crippen LogP contribution in [-0.2, 0) is 16.4 Å². The van der Waals surface area contributed by atoms with Crippen molar-refractivity contribution in [1.29, 1.82) is 0 Å². The minimum atomic E-state index is -3.99. The van der Waals surface area contributed by atoms with E-state index in [9.17, 15) is 22.0 Å². The van der Waals surface area contributed by atoms with Crippen LogP contribution >= 0.6 is 0 Å². The fourth-order valence-electron chi connectivity index (χ4n) is 4.28. The summed E-state index contributed by atoms with van der Waals surface area (Å²) in [5.74, 6) is -2.76. The lowest BCUT2D eigenvalue weighted by Crippen LogP contribution is -2.31. The number of carbonyl (C=O) groups is 1. The molecule has 3 N–H and O–H groups in total. The molecule has 1 fully saturated rings. The molecule has 2 atom stereocenters. The predicted octanol–water partition coefficient (Wildman–Crippen LogP) is 4.08. The van der Waals surface area contributed by atoms with Crippen LogP contribution in [0.1, 0.15) is 51.3 Å². The number of alkyl halides is 1. The summed E-state index contributed by atoms with van der Waals surface area (Å²) in [5.41, 5.74) is 1.41. The van der Waals surface area contributed by atoms with E-state index in [1.165, 1.54) is 13.3 Å². The summed E-state index contributed by atoms with van der Waals surface area (Å²) in [5, 5.41) is 1.36. The quantitative estimate of drug-likeness (QED) is 0.174. The molecule has 0 spiro atoms. The monoisotopic (exact) mass is 560 g/mol.